The largest absolute Gasteiger partial charge is 0.389 e. The maximum absolute atomic E-state index is 12.9. The van der Waals surface area contributed by atoms with Crippen molar-refractivity contribution in [3.63, 3.8) is 0 Å². The number of fused-ring (bicyclic) bond motifs is 1. The molecule has 3 rings (SSSR count). The minimum Gasteiger partial charge on any atom is -0.335 e. The van der Waals surface area contributed by atoms with E-state index in [1.54, 1.807) is 18.0 Å². The Morgan fingerprint density at radius 2 is 2.00 bits per heavy atom. The van der Waals surface area contributed by atoms with Crippen LogP contribution in [0.3, 0.4) is 0 Å². The van der Waals surface area contributed by atoms with Crippen molar-refractivity contribution in [3.05, 3.63) is 59.0 Å². The summed E-state index contributed by atoms with van der Waals surface area (Å²) in [6, 6.07) is 8.71. The fourth-order valence-corrected chi connectivity index (χ4v) is 4.33. The summed E-state index contributed by atoms with van der Waals surface area (Å²) in [6.07, 6.45) is 0.777. The Labute approximate surface area is 200 Å². The molecule has 9 heteroatoms. The molecule has 0 aliphatic rings. The van der Waals surface area contributed by atoms with Gasteiger partial charge in [0, 0.05) is 42.1 Å². The normalized spacial score (nSPS) is 13.7. The Bertz CT molecular complexity index is 1100. The monoisotopic (exact) mass is 524 g/mol. The van der Waals surface area contributed by atoms with Gasteiger partial charge in [-0.3, -0.25) is 0 Å². The highest BCUT2D eigenvalue weighted by Crippen LogP contribution is 2.33. The molecule has 0 radical (unpaired) electrons. The van der Waals surface area contributed by atoms with Crippen molar-refractivity contribution in [2.24, 2.45) is 0 Å². The minimum atomic E-state index is -4.23. The fraction of sp³-hybridized carbons (Fsp3) is 0.417. The molecule has 2 atom stereocenters. The minimum absolute atomic E-state index is 0.128. The number of hydrogen-bond donors (Lipinski definition) is 1. The predicted molar refractivity (Wildman–Crippen MR) is 127 cm³/mol. The Kier molecular flexibility index (Phi) is 8.05. The molecule has 2 aromatic heterocycles. The molecule has 1 aromatic carbocycles. The number of hydrogen-bond acceptors (Lipinski definition) is 2. The van der Waals surface area contributed by atoms with Crippen molar-refractivity contribution in [2.45, 2.75) is 58.3 Å². The standard InChI is InChI=1S/C24H28BrF3N4O/c1-4-19(10-11-24(26,27)28)30-23(33)32(5-2)16(3)17-6-8-21(25)20(14-17)18-7-9-22-29-12-13-31(22)15-18/h6-9,12-16,19H,4-5,10-11H2,1-3H3,(H,30,33)/t16-,19-/m1/s1. The molecule has 33 heavy (non-hydrogen) atoms. The number of pyridine rings is 1. The van der Waals surface area contributed by atoms with Crippen LogP contribution < -0.4 is 5.32 Å². The highest BCUT2D eigenvalue weighted by molar-refractivity contribution is 9.10. The lowest BCUT2D eigenvalue weighted by molar-refractivity contribution is -0.136. The van der Waals surface area contributed by atoms with E-state index in [-0.39, 0.29) is 18.5 Å². The Morgan fingerprint density at radius 3 is 2.67 bits per heavy atom. The van der Waals surface area contributed by atoms with E-state index in [9.17, 15) is 18.0 Å². The number of carbonyl (C=O) groups is 1. The van der Waals surface area contributed by atoms with Gasteiger partial charge in [0.15, 0.2) is 0 Å². The summed E-state index contributed by atoms with van der Waals surface area (Å²) in [5.41, 5.74) is 3.75. The van der Waals surface area contributed by atoms with Gasteiger partial charge in [-0.15, -0.1) is 0 Å². The first-order valence-electron chi connectivity index (χ1n) is 11.0. The van der Waals surface area contributed by atoms with Gasteiger partial charge in [-0.1, -0.05) is 28.9 Å². The summed E-state index contributed by atoms with van der Waals surface area (Å²) in [6.45, 7) is 5.99. The summed E-state index contributed by atoms with van der Waals surface area (Å²) in [7, 11) is 0. The maximum atomic E-state index is 12.9. The van der Waals surface area contributed by atoms with E-state index >= 15 is 0 Å². The SMILES string of the molecule is CC[C@H](CCC(F)(F)F)NC(=O)N(CC)[C@H](C)c1ccc(Br)c(-c2ccc3nccn3c2)c1. The van der Waals surface area contributed by atoms with Crippen LogP contribution in [0, 0.1) is 0 Å². The number of nitrogens with zero attached hydrogens (tertiary/aromatic N) is 3. The van der Waals surface area contributed by atoms with Crippen molar-refractivity contribution >= 4 is 27.6 Å². The van der Waals surface area contributed by atoms with Crippen LogP contribution >= 0.6 is 15.9 Å². The number of urea groups is 1. The third-order valence-corrected chi connectivity index (χ3v) is 6.53. The Balaban J connectivity index is 1.79. The number of benzene rings is 1. The van der Waals surface area contributed by atoms with Gasteiger partial charge in [-0.05, 0) is 67.6 Å². The highest BCUT2D eigenvalue weighted by atomic mass is 79.9. The molecule has 3 aromatic rings. The van der Waals surface area contributed by atoms with Crippen molar-refractivity contribution in [3.8, 4) is 11.1 Å². The molecule has 2 amide bonds. The Hall–Kier alpha value is -2.55. The highest BCUT2D eigenvalue weighted by Gasteiger charge is 2.29. The first kappa shape index (κ1) is 25.1. The molecule has 0 bridgehead atoms. The number of nitrogens with one attached hydrogen (secondary N) is 1. The van der Waals surface area contributed by atoms with Crippen LogP contribution in [0.5, 0.6) is 0 Å². The van der Waals surface area contributed by atoms with E-state index in [1.807, 2.05) is 61.0 Å². The van der Waals surface area contributed by atoms with E-state index in [4.69, 9.17) is 0 Å². The second kappa shape index (κ2) is 10.6. The van der Waals surface area contributed by atoms with Gasteiger partial charge in [0.25, 0.3) is 0 Å². The van der Waals surface area contributed by atoms with Crippen LogP contribution in [0.4, 0.5) is 18.0 Å². The molecule has 0 aliphatic carbocycles. The van der Waals surface area contributed by atoms with Gasteiger partial charge in [0.1, 0.15) is 5.65 Å². The lowest BCUT2D eigenvalue weighted by atomic mass is 10.00. The average molecular weight is 525 g/mol. The van der Waals surface area contributed by atoms with E-state index in [2.05, 4.69) is 26.2 Å². The second-order valence-electron chi connectivity index (χ2n) is 8.02. The third kappa shape index (κ3) is 6.28. The van der Waals surface area contributed by atoms with Crippen LogP contribution in [0.1, 0.15) is 51.6 Å². The zero-order chi connectivity index (χ0) is 24.2. The number of carbonyl (C=O) groups excluding carboxylic acids is 1. The molecular formula is C24H28BrF3N4O. The van der Waals surface area contributed by atoms with Gasteiger partial charge < -0.3 is 14.6 Å². The predicted octanol–water partition coefficient (Wildman–Crippen LogP) is 6.98. The zero-order valence-corrected chi connectivity index (χ0v) is 20.4. The van der Waals surface area contributed by atoms with E-state index in [1.165, 1.54) is 0 Å². The Morgan fingerprint density at radius 1 is 1.24 bits per heavy atom. The van der Waals surface area contributed by atoms with Gasteiger partial charge >= 0.3 is 12.2 Å². The molecule has 0 saturated heterocycles. The number of aromatic nitrogens is 2. The molecule has 0 unspecified atom stereocenters. The fourth-order valence-electron chi connectivity index (χ4n) is 3.85. The average Bonchev–Trinajstić information content (AvgIpc) is 3.24. The molecule has 178 valence electrons. The van der Waals surface area contributed by atoms with E-state index in [0.717, 1.165) is 26.8 Å². The summed E-state index contributed by atoms with van der Waals surface area (Å²) >= 11 is 3.62. The van der Waals surface area contributed by atoms with Crippen molar-refractivity contribution in [1.29, 1.82) is 0 Å². The summed E-state index contributed by atoms with van der Waals surface area (Å²) in [5, 5.41) is 2.78. The number of rotatable bonds is 8. The summed E-state index contributed by atoms with van der Waals surface area (Å²) < 4.78 is 40.7. The van der Waals surface area contributed by atoms with Gasteiger partial charge in [-0.2, -0.15) is 13.2 Å². The quantitative estimate of drug-likeness (QED) is 0.345. The van der Waals surface area contributed by atoms with Crippen molar-refractivity contribution < 1.29 is 18.0 Å². The number of halogens is 4. The smallest absolute Gasteiger partial charge is 0.335 e. The second-order valence-corrected chi connectivity index (χ2v) is 8.87. The molecular weight excluding hydrogens is 497 g/mol. The van der Waals surface area contributed by atoms with Crippen LogP contribution in [0.15, 0.2) is 53.4 Å². The lowest BCUT2D eigenvalue weighted by Gasteiger charge is -2.31. The number of imidazole rings is 1. The maximum Gasteiger partial charge on any atom is 0.389 e. The van der Waals surface area contributed by atoms with Crippen LogP contribution in [0.2, 0.25) is 0 Å². The first-order chi connectivity index (χ1) is 15.6. The van der Waals surface area contributed by atoms with Crippen molar-refractivity contribution in [1.82, 2.24) is 19.6 Å². The van der Waals surface area contributed by atoms with Gasteiger partial charge in [-0.25, -0.2) is 9.78 Å². The number of amides is 2. The summed E-state index contributed by atoms with van der Waals surface area (Å²) in [4.78, 5) is 18.8. The molecule has 2 heterocycles. The lowest BCUT2D eigenvalue weighted by Crippen LogP contribution is -2.45. The van der Waals surface area contributed by atoms with E-state index < -0.39 is 18.6 Å². The molecule has 0 aliphatic heterocycles. The van der Waals surface area contributed by atoms with Crippen LogP contribution in [-0.4, -0.2) is 39.1 Å². The third-order valence-electron chi connectivity index (χ3n) is 5.84. The molecule has 0 saturated carbocycles. The first-order valence-corrected chi connectivity index (χ1v) is 11.8. The molecule has 0 spiro atoms. The number of alkyl halides is 3. The molecule has 0 fully saturated rings. The van der Waals surface area contributed by atoms with Gasteiger partial charge in [0.2, 0.25) is 0 Å². The van der Waals surface area contributed by atoms with Crippen LogP contribution in [-0.2, 0) is 0 Å². The van der Waals surface area contributed by atoms with E-state index in [0.29, 0.717) is 13.0 Å². The van der Waals surface area contributed by atoms with Gasteiger partial charge in [0.05, 0.1) is 6.04 Å². The zero-order valence-electron chi connectivity index (χ0n) is 18.9. The molecule has 5 nitrogen and oxygen atoms in total. The van der Waals surface area contributed by atoms with Crippen LogP contribution in [0.25, 0.3) is 16.8 Å². The molecule has 1 N–H and O–H groups in total. The van der Waals surface area contributed by atoms with Crippen molar-refractivity contribution in [2.75, 3.05) is 6.54 Å². The summed E-state index contributed by atoms with van der Waals surface area (Å²) in [5.74, 6) is 0. The topological polar surface area (TPSA) is 49.6 Å².